The fourth-order valence-electron chi connectivity index (χ4n) is 2.09. The third-order valence-electron chi connectivity index (χ3n) is 3.28. The van der Waals surface area contributed by atoms with Crippen LogP contribution in [0.2, 0.25) is 0 Å². The van der Waals surface area contributed by atoms with Crippen LogP contribution in [0.3, 0.4) is 0 Å². The first kappa shape index (κ1) is 14.8. The van der Waals surface area contributed by atoms with Crippen LogP contribution >= 0.6 is 0 Å². The molecule has 1 aromatic carbocycles. The molecule has 0 aliphatic heterocycles. The van der Waals surface area contributed by atoms with Crippen LogP contribution in [0.5, 0.6) is 11.5 Å². The number of aromatic hydroxyl groups is 1. The van der Waals surface area contributed by atoms with Crippen LogP contribution in [0.4, 0.5) is 0 Å². The van der Waals surface area contributed by atoms with Crippen molar-refractivity contribution >= 4 is 0 Å². The van der Waals surface area contributed by atoms with E-state index < -0.39 is 0 Å². The Balaban J connectivity index is 2.66. The molecule has 1 N–H and O–H groups in total. The van der Waals surface area contributed by atoms with Crippen molar-refractivity contribution in [3.8, 4) is 11.5 Å². The van der Waals surface area contributed by atoms with Crippen LogP contribution in [-0.4, -0.2) is 30.2 Å². The molecule has 0 amide bonds. The molecule has 0 radical (unpaired) electrons. The number of hydrogen-bond acceptors (Lipinski definition) is 3. The molecular formula is C15H25NO2. The smallest absolute Gasteiger partial charge is 0.123 e. The summed E-state index contributed by atoms with van der Waals surface area (Å²) in [6.45, 7) is 7.44. The van der Waals surface area contributed by atoms with E-state index in [1.165, 1.54) is 0 Å². The first-order valence-electron chi connectivity index (χ1n) is 6.50. The Bertz CT molecular complexity index is 377. The summed E-state index contributed by atoms with van der Waals surface area (Å²) in [4.78, 5) is 2.27. The van der Waals surface area contributed by atoms with Gasteiger partial charge in [0.1, 0.15) is 11.5 Å². The fourth-order valence-corrected chi connectivity index (χ4v) is 2.09. The number of hydrogen-bond donors (Lipinski definition) is 1. The molecule has 0 aliphatic rings. The molecule has 0 aliphatic carbocycles. The van der Waals surface area contributed by atoms with Crippen molar-refractivity contribution in [1.82, 2.24) is 4.90 Å². The third kappa shape index (κ3) is 4.22. The van der Waals surface area contributed by atoms with Crippen molar-refractivity contribution in [2.24, 2.45) is 5.92 Å². The average molecular weight is 251 g/mol. The van der Waals surface area contributed by atoms with E-state index in [1.54, 1.807) is 13.2 Å². The summed E-state index contributed by atoms with van der Waals surface area (Å²) in [6, 6.07) is 5.98. The lowest BCUT2D eigenvalue weighted by atomic mass is 10.0. The zero-order chi connectivity index (χ0) is 13.7. The quantitative estimate of drug-likeness (QED) is 0.842. The molecular weight excluding hydrogens is 226 g/mol. The summed E-state index contributed by atoms with van der Waals surface area (Å²) >= 11 is 0. The second kappa shape index (κ2) is 6.64. The molecule has 1 aromatic rings. The topological polar surface area (TPSA) is 32.7 Å². The summed E-state index contributed by atoms with van der Waals surface area (Å²) in [5.74, 6) is 1.68. The van der Waals surface area contributed by atoms with Gasteiger partial charge in [-0.05, 0) is 32.4 Å². The Morgan fingerprint density at radius 1 is 1.28 bits per heavy atom. The lowest BCUT2D eigenvalue weighted by Crippen LogP contribution is -2.29. The van der Waals surface area contributed by atoms with Gasteiger partial charge in [-0.25, -0.2) is 0 Å². The molecule has 0 heterocycles. The van der Waals surface area contributed by atoms with Gasteiger partial charge in [-0.1, -0.05) is 19.9 Å². The molecule has 0 bridgehead atoms. The van der Waals surface area contributed by atoms with Gasteiger partial charge in [0.2, 0.25) is 0 Å². The minimum atomic E-state index is 0.304. The van der Waals surface area contributed by atoms with Gasteiger partial charge in [0, 0.05) is 24.2 Å². The second-order valence-corrected chi connectivity index (χ2v) is 5.39. The van der Waals surface area contributed by atoms with E-state index in [-0.39, 0.29) is 0 Å². The van der Waals surface area contributed by atoms with Crippen molar-refractivity contribution in [3.63, 3.8) is 0 Å². The number of methoxy groups -OCH3 is 1. The molecule has 0 spiro atoms. The lowest BCUT2D eigenvalue weighted by Gasteiger charge is -2.26. The highest BCUT2D eigenvalue weighted by molar-refractivity contribution is 5.39. The molecule has 0 saturated heterocycles. The molecule has 1 unspecified atom stereocenters. The van der Waals surface area contributed by atoms with Crippen molar-refractivity contribution in [2.45, 2.75) is 39.8 Å². The van der Waals surface area contributed by atoms with Crippen LogP contribution in [0.25, 0.3) is 0 Å². The highest BCUT2D eigenvalue weighted by atomic mass is 16.5. The van der Waals surface area contributed by atoms with Crippen LogP contribution in [0, 0.1) is 5.92 Å². The summed E-state index contributed by atoms with van der Waals surface area (Å²) in [5, 5.41) is 9.93. The van der Waals surface area contributed by atoms with Crippen LogP contribution in [0.15, 0.2) is 18.2 Å². The van der Waals surface area contributed by atoms with E-state index in [0.717, 1.165) is 18.5 Å². The predicted molar refractivity (Wildman–Crippen MR) is 75.0 cm³/mol. The van der Waals surface area contributed by atoms with E-state index in [2.05, 4.69) is 32.7 Å². The maximum Gasteiger partial charge on any atom is 0.123 e. The van der Waals surface area contributed by atoms with Gasteiger partial charge in [0.15, 0.2) is 0 Å². The predicted octanol–water partition coefficient (Wildman–Crippen LogP) is 3.27. The molecule has 0 aromatic heterocycles. The molecule has 18 heavy (non-hydrogen) atoms. The van der Waals surface area contributed by atoms with Gasteiger partial charge < -0.3 is 9.84 Å². The minimum Gasteiger partial charge on any atom is -0.507 e. The van der Waals surface area contributed by atoms with E-state index >= 15 is 0 Å². The average Bonchev–Trinajstić information content (AvgIpc) is 2.30. The van der Waals surface area contributed by atoms with Crippen LogP contribution in [-0.2, 0) is 6.54 Å². The number of rotatable bonds is 6. The van der Waals surface area contributed by atoms with Crippen LogP contribution < -0.4 is 4.74 Å². The largest absolute Gasteiger partial charge is 0.507 e. The van der Waals surface area contributed by atoms with Crippen molar-refractivity contribution in [2.75, 3.05) is 14.2 Å². The van der Waals surface area contributed by atoms with Crippen molar-refractivity contribution in [3.05, 3.63) is 23.8 Å². The molecule has 0 fully saturated rings. The molecule has 1 rings (SSSR count). The lowest BCUT2D eigenvalue weighted by molar-refractivity contribution is 0.218. The maximum atomic E-state index is 9.93. The molecule has 102 valence electrons. The van der Waals surface area contributed by atoms with Crippen molar-refractivity contribution < 1.29 is 9.84 Å². The molecule has 3 heteroatoms. The SMILES string of the molecule is COc1ccc(CN(C)C(C)CC(C)C)c(O)c1. The second-order valence-electron chi connectivity index (χ2n) is 5.39. The molecule has 3 nitrogen and oxygen atoms in total. The highest BCUT2D eigenvalue weighted by Gasteiger charge is 2.13. The number of ether oxygens (including phenoxy) is 1. The zero-order valence-electron chi connectivity index (χ0n) is 12.1. The normalized spacial score (nSPS) is 13.1. The van der Waals surface area contributed by atoms with Crippen molar-refractivity contribution in [1.29, 1.82) is 0 Å². The monoisotopic (exact) mass is 251 g/mol. The van der Waals surface area contributed by atoms with Gasteiger partial charge in [-0.15, -0.1) is 0 Å². The number of benzene rings is 1. The highest BCUT2D eigenvalue weighted by Crippen LogP contribution is 2.25. The summed E-state index contributed by atoms with van der Waals surface area (Å²) < 4.78 is 5.08. The van der Waals surface area contributed by atoms with Crippen LogP contribution in [0.1, 0.15) is 32.8 Å². The molecule has 1 atom stereocenters. The summed E-state index contributed by atoms with van der Waals surface area (Å²) in [7, 11) is 3.70. The Morgan fingerprint density at radius 3 is 2.44 bits per heavy atom. The number of nitrogens with zero attached hydrogens (tertiary/aromatic N) is 1. The maximum absolute atomic E-state index is 9.93. The number of phenols is 1. The third-order valence-corrected chi connectivity index (χ3v) is 3.28. The Kier molecular flexibility index (Phi) is 5.48. The van der Waals surface area contributed by atoms with Gasteiger partial charge in [-0.3, -0.25) is 4.90 Å². The first-order valence-corrected chi connectivity index (χ1v) is 6.50. The van der Waals surface area contributed by atoms with E-state index in [1.807, 2.05) is 12.1 Å². The van der Waals surface area contributed by atoms with E-state index in [0.29, 0.717) is 23.5 Å². The van der Waals surface area contributed by atoms with Gasteiger partial charge in [-0.2, -0.15) is 0 Å². The van der Waals surface area contributed by atoms with E-state index in [4.69, 9.17) is 4.74 Å². The fraction of sp³-hybridized carbons (Fsp3) is 0.600. The summed E-state index contributed by atoms with van der Waals surface area (Å²) in [6.07, 6.45) is 1.16. The van der Waals surface area contributed by atoms with Gasteiger partial charge in [0.25, 0.3) is 0 Å². The first-order chi connectivity index (χ1) is 8.43. The van der Waals surface area contributed by atoms with E-state index in [9.17, 15) is 5.11 Å². The standard InChI is InChI=1S/C15H25NO2/c1-11(2)8-12(3)16(4)10-13-6-7-14(18-5)9-15(13)17/h6-7,9,11-12,17H,8,10H2,1-5H3. The summed E-state index contributed by atoms with van der Waals surface area (Å²) in [5.41, 5.74) is 0.939. The number of phenolic OH excluding ortho intramolecular Hbond substituents is 1. The van der Waals surface area contributed by atoms with Gasteiger partial charge >= 0.3 is 0 Å². The Hall–Kier alpha value is -1.22. The molecule has 0 saturated carbocycles. The zero-order valence-corrected chi connectivity index (χ0v) is 12.1. The van der Waals surface area contributed by atoms with Gasteiger partial charge in [0.05, 0.1) is 7.11 Å². The Morgan fingerprint density at radius 2 is 1.94 bits per heavy atom. The Labute approximate surface area is 110 Å². The minimum absolute atomic E-state index is 0.304.